The molecule has 1 aliphatic carbocycles. The molecule has 1 heterocycles. The van der Waals surface area contributed by atoms with Crippen LogP contribution in [-0.2, 0) is 13.0 Å². The molecule has 0 spiro atoms. The molecular formula is C16H20N2O2. The van der Waals surface area contributed by atoms with Crippen molar-refractivity contribution in [1.29, 1.82) is 0 Å². The molecule has 0 radical (unpaired) electrons. The minimum atomic E-state index is -0.905. The van der Waals surface area contributed by atoms with Crippen LogP contribution in [0.1, 0.15) is 49.3 Å². The van der Waals surface area contributed by atoms with Crippen molar-refractivity contribution in [2.45, 2.75) is 46.1 Å². The Bertz CT molecular complexity index is 668. The number of aromatic carboxylic acids is 1. The van der Waals surface area contributed by atoms with Crippen molar-refractivity contribution in [2.75, 3.05) is 0 Å². The van der Waals surface area contributed by atoms with Gasteiger partial charge in [0.05, 0.1) is 11.1 Å². The van der Waals surface area contributed by atoms with Gasteiger partial charge in [0.1, 0.15) is 11.3 Å². The van der Waals surface area contributed by atoms with E-state index in [1.54, 1.807) is 6.07 Å². The minimum absolute atomic E-state index is 0.301. The van der Waals surface area contributed by atoms with E-state index in [0.29, 0.717) is 16.5 Å². The Morgan fingerprint density at radius 2 is 2.20 bits per heavy atom. The quantitative estimate of drug-likeness (QED) is 0.927. The van der Waals surface area contributed by atoms with E-state index in [1.165, 1.54) is 19.3 Å². The Morgan fingerprint density at radius 3 is 2.75 bits per heavy atom. The van der Waals surface area contributed by atoms with E-state index in [2.05, 4.69) is 23.4 Å². The summed E-state index contributed by atoms with van der Waals surface area (Å²) in [5, 5.41) is 9.30. The molecule has 1 aliphatic rings. The molecule has 1 N–H and O–H groups in total. The number of nitrogens with zero attached hydrogens (tertiary/aromatic N) is 2. The third kappa shape index (κ3) is 1.99. The molecule has 4 nitrogen and oxygen atoms in total. The van der Waals surface area contributed by atoms with Gasteiger partial charge in [-0.3, -0.25) is 0 Å². The Balaban J connectivity index is 2.14. The van der Waals surface area contributed by atoms with Gasteiger partial charge in [-0.2, -0.15) is 0 Å². The zero-order valence-electron chi connectivity index (χ0n) is 12.0. The van der Waals surface area contributed by atoms with Crippen LogP contribution in [0.5, 0.6) is 0 Å². The van der Waals surface area contributed by atoms with Gasteiger partial charge in [0.15, 0.2) is 0 Å². The third-order valence-corrected chi connectivity index (χ3v) is 4.51. The molecule has 0 unspecified atom stereocenters. The van der Waals surface area contributed by atoms with Gasteiger partial charge in [-0.1, -0.05) is 26.3 Å². The van der Waals surface area contributed by atoms with Gasteiger partial charge < -0.3 is 9.67 Å². The molecule has 0 saturated heterocycles. The van der Waals surface area contributed by atoms with Crippen LogP contribution in [0.15, 0.2) is 18.2 Å². The van der Waals surface area contributed by atoms with Crippen LogP contribution in [-0.4, -0.2) is 20.6 Å². The summed E-state index contributed by atoms with van der Waals surface area (Å²) in [7, 11) is 0. The van der Waals surface area contributed by atoms with Crippen molar-refractivity contribution in [2.24, 2.45) is 5.41 Å². The predicted octanol–water partition coefficient (Wildman–Crippen LogP) is 3.49. The van der Waals surface area contributed by atoms with Gasteiger partial charge in [-0.15, -0.1) is 0 Å². The van der Waals surface area contributed by atoms with Crippen LogP contribution >= 0.6 is 0 Å². The number of benzene rings is 1. The maximum Gasteiger partial charge on any atom is 0.337 e. The first-order valence-electron chi connectivity index (χ1n) is 7.25. The van der Waals surface area contributed by atoms with Crippen LogP contribution in [0.4, 0.5) is 0 Å². The highest BCUT2D eigenvalue weighted by Crippen LogP contribution is 2.42. The van der Waals surface area contributed by atoms with Crippen LogP contribution in [0, 0.1) is 5.41 Å². The SMILES string of the molecule is CCc1nc2c(C(=O)O)cccc2n1CC1(C)CCC1. The van der Waals surface area contributed by atoms with E-state index < -0.39 is 5.97 Å². The van der Waals surface area contributed by atoms with Crippen molar-refractivity contribution in [3.63, 3.8) is 0 Å². The van der Waals surface area contributed by atoms with Gasteiger partial charge in [0, 0.05) is 13.0 Å². The van der Waals surface area contributed by atoms with Crippen LogP contribution in [0.25, 0.3) is 11.0 Å². The minimum Gasteiger partial charge on any atom is -0.478 e. The van der Waals surface area contributed by atoms with Crippen molar-refractivity contribution in [3.8, 4) is 0 Å². The van der Waals surface area contributed by atoms with E-state index in [0.717, 1.165) is 24.3 Å². The zero-order chi connectivity index (χ0) is 14.3. The average Bonchev–Trinajstić information content (AvgIpc) is 2.74. The van der Waals surface area contributed by atoms with E-state index in [-0.39, 0.29) is 0 Å². The van der Waals surface area contributed by atoms with E-state index in [1.807, 2.05) is 12.1 Å². The van der Waals surface area contributed by atoms with Gasteiger partial charge in [0.2, 0.25) is 0 Å². The van der Waals surface area contributed by atoms with E-state index in [9.17, 15) is 9.90 Å². The van der Waals surface area contributed by atoms with Gasteiger partial charge in [0.25, 0.3) is 0 Å². The number of carboxylic acid groups (broad SMARTS) is 1. The third-order valence-electron chi connectivity index (χ3n) is 4.51. The number of hydrogen-bond acceptors (Lipinski definition) is 2. The Kier molecular flexibility index (Phi) is 3.04. The summed E-state index contributed by atoms with van der Waals surface area (Å²) < 4.78 is 2.22. The first-order valence-corrected chi connectivity index (χ1v) is 7.25. The van der Waals surface area contributed by atoms with Crippen molar-refractivity contribution in [1.82, 2.24) is 9.55 Å². The number of aromatic nitrogens is 2. The standard InChI is InChI=1S/C16H20N2O2/c1-3-13-17-14-11(15(19)20)6-4-7-12(14)18(13)10-16(2)8-5-9-16/h4,6-7H,3,5,8-10H2,1-2H3,(H,19,20). The molecule has 20 heavy (non-hydrogen) atoms. The van der Waals surface area contributed by atoms with Crippen molar-refractivity contribution < 1.29 is 9.90 Å². The van der Waals surface area contributed by atoms with E-state index in [4.69, 9.17) is 0 Å². The second-order valence-electron chi connectivity index (χ2n) is 6.11. The number of fused-ring (bicyclic) bond motifs is 1. The fraction of sp³-hybridized carbons (Fsp3) is 0.500. The van der Waals surface area contributed by atoms with Gasteiger partial charge in [-0.25, -0.2) is 9.78 Å². The Hall–Kier alpha value is -1.84. The summed E-state index contributed by atoms with van der Waals surface area (Å²) in [6.45, 7) is 5.32. The molecule has 4 heteroatoms. The Labute approximate surface area is 118 Å². The number of para-hydroxylation sites is 1. The highest BCUT2D eigenvalue weighted by molar-refractivity contribution is 6.01. The second kappa shape index (κ2) is 4.62. The normalized spacial score (nSPS) is 17.1. The fourth-order valence-electron chi connectivity index (χ4n) is 3.13. The lowest BCUT2D eigenvalue weighted by molar-refractivity contribution is 0.0699. The van der Waals surface area contributed by atoms with Gasteiger partial charge >= 0.3 is 5.97 Å². The van der Waals surface area contributed by atoms with Crippen LogP contribution in [0.2, 0.25) is 0 Å². The molecule has 106 valence electrons. The first-order chi connectivity index (χ1) is 9.54. The maximum atomic E-state index is 11.3. The molecule has 0 aliphatic heterocycles. The molecule has 2 aromatic rings. The molecular weight excluding hydrogens is 252 g/mol. The lowest BCUT2D eigenvalue weighted by Crippen LogP contribution is -2.31. The summed E-state index contributed by atoms with van der Waals surface area (Å²) in [5.74, 6) is 0.0829. The molecule has 3 rings (SSSR count). The summed E-state index contributed by atoms with van der Waals surface area (Å²) in [4.78, 5) is 15.9. The fourth-order valence-corrected chi connectivity index (χ4v) is 3.13. The average molecular weight is 272 g/mol. The highest BCUT2D eigenvalue weighted by atomic mass is 16.4. The molecule has 0 bridgehead atoms. The lowest BCUT2D eigenvalue weighted by atomic mass is 9.70. The van der Waals surface area contributed by atoms with Crippen LogP contribution in [0.3, 0.4) is 0 Å². The summed E-state index contributed by atoms with van der Waals surface area (Å²) in [6.07, 6.45) is 4.61. The number of imidazole rings is 1. The van der Waals surface area contributed by atoms with Crippen molar-refractivity contribution >= 4 is 17.0 Å². The van der Waals surface area contributed by atoms with Gasteiger partial charge in [-0.05, 0) is 30.4 Å². The monoisotopic (exact) mass is 272 g/mol. The number of carbonyl (C=O) groups is 1. The summed E-state index contributed by atoms with van der Waals surface area (Å²) >= 11 is 0. The lowest BCUT2D eigenvalue weighted by Gasteiger charge is -2.39. The maximum absolute atomic E-state index is 11.3. The predicted molar refractivity (Wildman–Crippen MR) is 78.0 cm³/mol. The Morgan fingerprint density at radius 1 is 1.45 bits per heavy atom. The van der Waals surface area contributed by atoms with E-state index >= 15 is 0 Å². The largest absolute Gasteiger partial charge is 0.478 e. The molecule has 1 aromatic carbocycles. The highest BCUT2D eigenvalue weighted by Gasteiger charge is 2.33. The summed E-state index contributed by atoms with van der Waals surface area (Å²) in [5.41, 5.74) is 2.22. The number of carboxylic acids is 1. The summed E-state index contributed by atoms with van der Waals surface area (Å²) in [6, 6.07) is 5.43. The smallest absolute Gasteiger partial charge is 0.337 e. The second-order valence-corrected chi connectivity index (χ2v) is 6.11. The van der Waals surface area contributed by atoms with Crippen molar-refractivity contribution in [3.05, 3.63) is 29.6 Å². The number of rotatable bonds is 4. The molecule has 1 saturated carbocycles. The number of hydrogen-bond donors (Lipinski definition) is 1. The first kappa shape index (κ1) is 13.2. The molecule has 0 atom stereocenters. The molecule has 1 aromatic heterocycles. The zero-order valence-corrected chi connectivity index (χ0v) is 12.0. The molecule has 1 fully saturated rings. The van der Waals surface area contributed by atoms with Crippen LogP contribution < -0.4 is 0 Å². The number of aryl methyl sites for hydroxylation is 1. The molecule has 0 amide bonds. The topological polar surface area (TPSA) is 55.1 Å².